The average molecular weight is 318 g/mol. The molecule has 0 radical (unpaired) electrons. The van der Waals surface area contributed by atoms with E-state index < -0.39 is 0 Å². The maximum atomic E-state index is 12.8. The lowest BCUT2D eigenvalue weighted by Crippen LogP contribution is -2.33. The monoisotopic (exact) mass is 318 g/mol. The predicted molar refractivity (Wildman–Crippen MR) is 93.9 cm³/mol. The molecule has 1 aromatic heterocycles. The summed E-state index contributed by atoms with van der Waals surface area (Å²) in [5.41, 5.74) is 0.548. The van der Waals surface area contributed by atoms with Gasteiger partial charge in [-0.1, -0.05) is 26.7 Å². The Morgan fingerprint density at radius 3 is 2.26 bits per heavy atom. The van der Waals surface area contributed by atoms with E-state index in [2.05, 4.69) is 28.7 Å². The van der Waals surface area contributed by atoms with E-state index >= 15 is 0 Å². The number of hydrogen-bond donors (Lipinski definition) is 0. The Hall–Kier alpha value is -1.65. The Kier molecular flexibility index (Phi) is 6.81. The Labute approximate surface area is 140 Å². The van der Waals surface area contributed by atoms with E-state index in [1.165, 1.54) is 12.8 Å². The van der Waals surface area contributed by atoms with Gasteiger partial charge in [-0.25, -0.2) is 9.97 Å². The van der Waals surface area contributed by atoms with Crippen LogP contribution in [0.2, 0.25) is 0 Å². The van der Waals surface area contributed by atoms with Crippen LogP contribution in [0.15, 0.2) is 6.07 Å². The van der Waals surface area contributed by atoms with Crippen LogP contribution in [0, 0.1) is 6.92 Å². The molecule has 5 nitrogen and oxygen atoms in total. The lowest BCUT2D eigenvalue weighted by Gasteiger charge is -2.24. The Bertz CT molecular complexity index is 504. The molecule has 0 atom stereocenters. The number of likely N-dealkylation sites (tertiary alicyclic amines) is 1. The molecule has 1 aromatic rings. The largest absolute Gasteiger partial charge is 0.357 e. The van der Waals surface area contributed by atoms with Crippen LogP contribution in [0.25, 0.3) is 0 Å². The normalized spacial score (nSPS) is 15.3. The van der Waals surface area contributed by atoms with Crippen LogP contribution >= 0.6 is 0 Å². The molecule has 0 N–H and O–H groups in total. The molecule has 0 spiro atoms. The van der Waals surface area contributed by atoms with Gasteiger partial charge in [-0.3, -0.25) is 4.79 Å². The summed E-state index contributed by atoms with van der Waals surface area (Å²) in [7, 11) is 0. The molecule has 1 aliphatic heterocycles. The lowest BCUT2D eigenvalue weighted by molar-refractivity contribution is 0.0755. The standard InChI is InChI=1S/C18H30N4O/c1-4-10-21(11-5-2)17-14-16(19-15(3)20-17)18(23)22-12-8-6-7-9-13-22/h14H,4-13H2,1-3H3. The van der Waals surface area contributed by atoms with Crippen LogP contribution in [0.3, 0.4) is 0 Å². The molecular formula is C18H30N4O. The number of carbonyl (C=O) groups excluding carboxylic acids is 1. The minimum absolute atomic E-state index is 0.0617. The summed E-state index contributed by atoms with van der Waals surface area (Å²) in [6.45, 7) is 9.83. The number of anilines is 1. The second-order valence-electron chi connectivity index (χ2n) is 6.35. The molecule has 1 fully saturated rings. The zero-order valence-corrected chi connectivity index (χ0v) is 14.8. The molecule has 2 heterocycles. The number of aryl methyl sites for hydroxylation is 1. The second kappa shape index (κ2) is 8.85. The fourth-order valence-electron chi connectivity index (χ4n) is 3.14. The zero-order valence-electron chi connectivity index (χ0n) is 14.8. The third-order valence-electron chi connectivity index (χ3n) is 4.25. The topological polar surface area (TPSA) is 49.3 Å². The van der Waals surface area contributed by atoms with Crippen LogP contribution < -0.4 is 4.90 Å². The van der Waals surface area contributed by atoms with E-state index in [4.69, 9.17) is 0 Å². The highest BCUT2D eigenvalue weighted by Crippen LogP contribution is 2.17. The average Bonchev–Trinajstić information content (AvgIpc) is 2.82. The van der Waals surface area contributed by atoms with Crippen molar-refractivity contribution in [3.63, 3.8) is 0 Å². The smallest absolute Gasteiger partial charge is 0.272 e. The molecule has 0 aliphatic carbocycles. The molecule has 0 bridgehead atoms. The molecule has 2 rings (SSSR count). The Morgan fingerprint density at radius 1 is 1.09 bits per heavy atom. The maximum Gasteiger partial charge on any atom is 0.272 e. The lowest BCUT2D eigenvalue weighted by atomic mass is 10.2. The summed E-state index contributed by atoms with van der Waals surface area (Å²) in [6, 6.07) is 1.88. The number of carbonyl (C=O) groups is 1. The van der Waals surface area contributed by atoms with Gasteiger partial charge in [0.25, 0.3) is 5.91 Å². The number of nitrogens with zero attached hydrogens (tertiary/aromatic N) is 4. The first kappa shape index (κ1) is 17.7. The van der Waals surface area contributed by atoms with Crippen LogP contribution in [0.5, 0.6) is 0 Å². The summed E-state index contributed by atoms with van der Waals surface area (Å²) in [6.07, 6.45) is 6.77. The fraction of sp³-hybridized carbons (Fsp3) is 0.722. The van der Waals surface area contributed by atoms with Crippen molar-refractivity contribution in [2.24, 2.45) is 0 Å². The maximum absolute atomic E-state index is 12.8. The quantitative estimate of drug-likeness (QED) is 0.806. The summed E-state index contributed by atoms with van der Waals surface area (Å²) in [4.78, 5) is 26.0. The molecule has 1 saturated heterocycles. The third-order valence-corrected chi connectivity index (χ3v) is 4.25. The third kappa shape index (κ3) is 4.91. The Morgan fingerprint density at radius 2 is 1.70 bits per heavy atom. The van der Waals surface area contributed by atoms with Gasteiger partial charge in [0.15, 0.2) is 0 Å². The molecule has 128 valence electrons. The van der Waals surface area contributed by atoms with Gasteiger partial charge >= 0.3 is 0 Å². The van der Waals surface area contributed by atoms with Crippen molar-refractivity contribution in [1.29, 1.82) is 0 Å². The van der Waals surface area contributed by atoms with Gasteiger partial charge in [0.2, 0.25) is 0 Å². The molecule has 1 aliphatic rings. The molecule has 1 amide bonds. The molecule has 0 unspecified atom stereocenters. The highest BCUT2D eigenvalue weighted by Gasteiger charge is 2.20. The predicted octanol–water partition coefficient (Wildman–Crippen LogP) is 3.43. The van der Waals surface area contributed by atoms with Gasteiger partial charge in [0.05, 0.1) is 0 Å². The fourth-order valence-corrected chi connectivity index (χ4v) is 3.14. The van der Waals surface area contributed by atoms with E-state index in [0.29, 0.717) is 11.5 Å². The number of hydrogen-bond acceptors (Lipinski definition) is 4. The van der Waals surface area contributed by atoms with Gasteiger partial charge in [-0.05, 0) is 32.6 Å². The first-order valence-electron chi connectivity index (χ1n) is 9.05. The SMILES string of the molecule is CCCN(CCC)c1cc(C(=O)N2CCCCCC2)nc(C)n1. The van der Waals surface area contributed by atoms with Crippen LogP contribution in [-0.2, 0) is 0 Å². The van der Waals surface area contributed by atoms with E-state index in [1.807, 2.05) is 17.9 Å². The van der Waals surface area contributed by atoms with Crippen LogP contribution in [-0.4, -0.2) is 47.0 Å². The second-order valence-corrected chi connectivity index (χ2v) is 6.35. The highest BCUT2D eigenvalue weighted by atomic mass is 16.2. The van der Waals surface area contributed by atoms with E-state index in [1.54, 1.807) is 0 Å². The minimum atomic E-state index is 0.0617. The van der Waals surface area contributed by atoms with Gasteiger partial charge in [-0.15, -0.1) is 0 Å². The molecular weight excluding hydrogens is 288 g/mol. The molecule has 5 heteroatoms. The van der Waals surface area contributed by atoms with E-state index in [9.17, 15) is 4.79 Å². The molecule has 0 saturated carbocycles. The van der Waals surface area contributed by atoms with Gasteiger partial charge in [0.1, 0.15) is 17.3 Å². The number of aromatic nitrogens is 2. The summed E-state index contributed by atoms with van der Waals surface area (Å²) in [5.74, 6) is 1.63. The van der Waals surface area contributed by atoms with Crippen molar-refractivity contribution >= 4 is 11.7 Å². The number of amides is 1. The van der Waals surface area contributed by atoms with Crippen molar-refractivity contribution in [3.8, 4) is 0 Å². The van der Waals surface area contributed by atoms with Crippen LogP contribution in [0.4, 0.5) is 5.82 Å². The number of rotatable bonds is 6. The molecule has 23 heavy (non-hydrogen) atoms. The van der Waals surface area contributed by atoms with Gasteiger partial charge < -0.3 is 9.80 Å². The minimum Gasteiger partial charge on any atom is -0.357 e. The summed E-state index contributed by atoms with van der Waals surface area (Å²) in [5, 5.41) is 0. The van der Waals surface area contributed by atoms with Gasteiger partial charge in [-0.2, -0.15) is 0 Å². The first-order chi connectivity index (χ1) is 11.2. The van der Waals surface area contributed by atoms with Crippen LogP contribution in [0.1, 0.15) is 68.7 Å². The van der Waals surface area contributed by atoms with Crippen molar-refractivity contribution in [2.75, 3.05) is 31.1 Å². The highest BCUT2D eigenvalue weighted by molar-refractivity contribution is 5.93. The van der Waals surface area contributed by atoms with Crippen molar-refractivity contribution in [3.05, 3.63) is 17.6 Å². The zero-order chi connectivity index (χ0) is 16.7. The van der Waals surface area contributed by atoms with E-state index in [0.717, 1.165) is 57.7 Å². The summed E-state index contributed by atoms with van der Waals surface area (Å²) < 4.78 is 0. The first-order valence-corrected chi connectivity index (χ1v) is 9.05. The van der Waals surface area contributed by atoms with Crippen molar-refractivity contribution < 1.29 is 4.79 Å². The molecule has 0 aromatic carbocycles. The summed E-state index contributed by atoms with van der Waals surface area (Å²) >= 11 is 0. The van der Waals surface area contributed by atoms with Crippen molar-refractivity contribution in [2.45, 2.75) is 59.3 Å². The van der Waals surface area contributed by atoms with Crippen molar-refractivity contribution in [1.82, 2.24) is 14.9 Å². The Balaban J connectivity index is 2.22. The van der Waals surface area contributed by atoms with Gasteiger partial charge in [0, 0.05) is 32.2 Å². The van der Waals surface area contributed by atoms with E-state index in [-0.39, 0.29) is 5.91 Å².